The van der Waals surface area contributed by atoms with Gasteiger partial charge in [-0.2, -0.15) is 0 Å². The Morgan fingerprint density at radius 2 is 2.22 bits per heavy atom. The van der Waals surface area contributed by atoms with Gasteiger partial charge in [0, 0.05) is 11.2 Å². The molecule has 0 unspecified atom stereocenters. The van der Waals surface area contributed by atoms with Crippen LogP contribution in [0.4, 0.5) is 0 Å². The number of aromatic nitrogens is 1. The number of para-hydroxylation sites is 1. The van der Waals surface area contributed by atoms with Crippen LogP contribution in [0.3, 0.4) is 0 Å². The Balaban J connectivity index is 1.89. The summed E-state index contributed by atoms with van der Waals surface area (Å²) in [5.74, 6) is 0.0250. The first-order chi connectivity index (χ1) is 8.75. The molecule has 1 aromatic carbocycles. The Morgan fingerprint density at radius 1 is 1.39 bits per heavy atom. The van der Waals surface area contributed by atoms with Crippen molar-refractivity contribution in [1.29, 1.82) is 0 Å². The van der Waals surface area contributed by atoms with E-state index < -0.39 is 0 Å². The van der Waals surface area contributed by atoms with Crippen LogP contribution in [0.1, 0.15) is 12.1 Å². The van der Waals surface area contributed by atoms with Gasteiger partial charge in [0.2, 0.25) is 0 Å². The van der Waals surface area contributed by atoms with E-state index in [1.165, 1.54) is 10.4 Å². The molecule has 4 nitrogen and oxygen atoms in total. The van der Waals surface area contributed by atoms with Gasteiger partial charge in [-0.1, -0.05) is 18.2 Å². The number of benzene rings is 1. The lowest BCUT2D eigenvalue weighted by atomic mass is 10.2. The Morgan fingerprint density at radius 3 is 3.00 bits per heavy atom. The van der Waals surface area contributed by atoms with E-state index in [4.69, 9.17) is 4.84 Å². The largest absolute Gasteiger partial charge is 0.335 e. The van der Waals surface area contributed by atoms with Crippen molar-refractivity contribution in [1.82, 2.24) is 9.63 Å². The molecular formula is C14H16N2O2. The topological polar surface area (TPSA) is 34.5 Å². The predicted octanol–water partition coefficient (Wildman–Crippen LogP) is 2.11. The lowest BCUT2D eigenvalue weighted by molar-refractivity contribution is -0.169. The van der Waals surface area contributed by atoms with Crippen LogP contribution in [-0.2, 0) is 16.2 Å². The molecule has 0 spiro atoms. The van der Waals surface area contributed by atoms with E-state index in [-0.39, 0.29) is 5.91 Å². The number of aryl methyl sites for hydroxylation is 1. The molecule has 1 aromatic heterocycles. The normalized spacial score (nSPS) is 15.5. The van der Waals surface area contributed by atoms with Crippen molar-refractivity contribution in [2.24, 2.45) is 0 Å². The van der Waals surface area contributed by atoms with E-state index in [1.54, 1.807) is 0 Å². The molecule has 2 heterocycles. The van der Waals surface area contributed by atoms with E-state index in [0.717, 1.165) is 17.6 Å². The first kappa shape index (κ1) is 11.3. The van der Waals surface area contributed by atoms with Gasteiger partial charge in [-0.25, -0.2) is 5.06 Å². The molecule has 0 atom stereocenters. The van der Waals surface area contributed by atoms with Crippen molar-refractivity contribution in [3.8, 4) is 0 Å². The van der Waals surface area contributed by atoms with Gasteiger partial charge in [-0.15, -0.1) is 0 Å². The monoisotopic (exact) mass is 244 g/mol. The van der Waals surface area contributed by atoms with Gasteiger partial charge in [0.05, 0.1) is 13.2 Å². The molecule has 0 N–H and O–H groups in total. The van der Waals surface area contributed by atoms with Gasteiger partial charge in [-0.05, 0) is 30.9 Å². The third-order valence-corrected chi connectivity index (χ3v) is 3.34. The minimum atomic E-state index is 0.0250. The predicted molar refractivity (Wildman–Crippen MR) is 69.0 cm³/mol. The van der Waals surface area contributed by atoms with Gasteiger partial charge in [-0.3, -0.25) is 9.63 Å². The minimum Gasteiger partial charge on any atom is -0.335 e. The highest BCUT2D eigenvalue weighted by Crippen LogP contribution is 2.19. The van der Waals surface area contributed by atoms with E-state index in [0.29, 0.717) is 19.7 Å². The number of hydroxylamine groups is 2. The van der Waals surface area contributed by atoms with Crippen LogP contribution in [0.5, 0.6) is 0 Å². The van der Waals surface area contributed by atoms with Crippen LogP contribution >= 0.6 is 0 Å². The third-order valence-electron chi connectivity index (χ3n) is 3.34. The fourth-order valence-corrected chi connectivity index (χ4v) is 2.42. The van der Waals surface area contributed by atoms with Crippen molar-refractivity contribution < 1.29 is 9.63 Å². The lowest BCUT2D eigenvalue weighted by Crippen LogP contribution is -2.30. The summed E-state index contributed by atoms with van der Waals surface area (Å²) in [5.41, 5.74) is 2.20. The second-order valence-corrected chi connectivity index (χ2v) is 4.61. The van der Waals surface area contributed by atoms with Crippen molar-refractivity contribution in [3.63, 3.8) is 0 Å². The molecule has 1 aliphatic heterocycles. The Labute approximate surface area is 106 Å². The molecular weight excluding hydrogens is 228 g/mol. The second kappa shape index (κ2) is 4.46. The smallest absolute Gasteiger partial charge is 0.266 e. The molecule has 1 aliphatic rings. The number of carbonyl (C=O) groups is 1. The molecule has 0 aliphatic carbocycles. The number of fused-ring (bicyclic) bond motifs is 1. The summed E-state index contributed by atoms with van der Waals surface area (Å²) >= 11 is 0. The second-order valence-electron chi connectivity index (χ2n) is 4.61. The highest BCUT2D eigenvalue weighted by molar-refractivity contribution is 5.84. The summed E-state index contributed by atoms with van der Waals surface area (Å²) in [7, 11) is 0. The van der Waals surface area contributed by atoms with Crippen LogP contribution in [0.2, 0.25) is 0 Å². The fourth-order valence-electron chi connectivity index (χ4n) is 2.42. The Kier molecular flexibility index (Phi) is 2.80. The van der Waals surface area contributed by atoms with E-state index in [2.05, 4.69) is 12.1 Å². The summed E-state index contributed by atoms with van der Waals surface area (Å²) in [6.45, 7) is 3.73. The summed E-state index contributed by atoms with van der Waals surface area (Å²) < 4.78 is 2.04. The van der Waals surface area contributed by atoms with E-state index in [1.807, 2.05) is 29.7 Å². The van der Waals surface area contributed by atoms with Crippen molar-refractivity contribution in [2.45, 2.75) is 19.9 Å². The fraction of sp³-hybridized carbons (Fsp3) is 0.357. The highest BCUT2D eigenvalue weighted by atomic mass is 16.7. The minimum absolute atomic E-state index is 0.0250. The average molecular weight is 244 g/mol. The maximum atomic E-state index is 12.1. The van der Waals surface area contributed by atoms with Crippen LogP contribution in [0.25, 0.3) is 10.9 Å². The zero-order chi connectivity index (χ0) is 12.5. The molecule has 2 aromatic rings. The van der Waals surface area contributed by atoms with Crippen molar-refractivity contribution >= 4 is 16.8 Å². The van der Waals surface area contributed by atoms with Crippen molar-refractivity contribution in [2.75, 3.05) is 13.2 Å². The maximum absolute atomic E-state index is 12.1. The van der Waals surface area contributed by atoms with Crippen LogP contribution in [0.15, 0.2) is 30.3 Å². The summed E-state index contributed by atoms with van der Waals surface area (Å²) in [6, 6.07) is 10.2. The molecule has 0 bridgehead atoms. The van der Waals surface area contributed by atoms with Gasteiger partial charge in [0.1, 0.15) is 6.54 Å². The van der Waals surface area contributed by atoms with Gasteiger partial charge < -0.3 is 4.57 Å². The number of hydrogen-bond acceptors (Lipinski definition) is 2. The lowest BCUT2D eigenvalue weighted by Gasteiger charge is -2.15. The molecule has 1 saturated heterocycles. The first-order valence-electron chi connectivity index (χ1n) is 6.24. The molecule has 94 valence electrons. The molecule has 4 heteroatoms. The Bertz CT molecular complexity index is 582. The highest BCUT2D eigenvalue weighted by Gasteiger charge is 2.20. The zero-order valence-electron chi connectivity index (χ0n) is 10.4. The quantitative estimate of drug-likeness (QED) is 0.811. The number of hydrogen-bond donors (Lipinski definition) is 0. The maximum Gasteiger partial charge on any atom is 0.266 e. The molecule has 1 amide bonds. The summed E-state index contributed by atoms with van der Waals surface area (Å²) in [4.78, 5) is 17.4. The third kappa shape index (κ3) is 1.88. The van der Waals surface area contributed by atoms with Crippen LogP contribution < -0.4 is 0 Å². The SMILES string of the molecule is Cc1cc2ccccc2n1CC(=O)N1CCCO1. The molecule has 0 radical (unpaired) electrons. The number of carbonyl (C=O) groups excluding carboxylic acids is 1. The summed E-state index contributed by atoms with van der Waals surface area (Å²) in [5, 5.41) is 2.65. The van der Waals surface area contributed by atoms with Gasteiger partial charge in [0.15, 0.2) is 0 Å². The van der Waals surface area contributed by atoms with Crippen molar-refractivity contribution in [3.05, 3.63) is 36.0 Å². The van der Waals surface area contributed by atoms with E-state index >= 15 is 0 Å². The first-order valence-corrected chi connectivity index (χ1v) is 6.24. The van der Waals surface area contributed by atoms with E-state index in [9.17, 15) is 4.79 Å². The average Bonchev–Trinajstić information content (AvgIpc) is 2.98. The van der Waals surface area contributed by atoms with Gasteiger partial charge >= 0.3 is 0 Å². The molecule has 18 heavy (non-hydrogen) atoms. The standard InChI is InChI=1S/C14H16N2O2/c1-11-9-12-5-2-3-6-13(12)15(11)10-14(17)16-7-4-8-18-16/h2-3,5-6,9H,4,7-8,10H2,1H3. The Hall–Kier alpha value is -1.81. The van der Waals surface area contributed by atoms with Crippen LogP contribution in [-0.4, -0.2) is 28.7 Å². The molecule has 1 fully saturated rings. The zero-order valence-corrected chi connectivity index (χ0v) is 10.4. The number of rotatable bonds is 2. The number of nitrogens with zero attached hydrogens (tertiary/aromatic N) is 2. The molecule has 0 saturated carbocycles. The number of amides is 1. The van der Waals surface area contributed by atoms with Crippen LogP contribution in [0, 0.1) is 6.92 Å². The summed E-state index contributed by atoms with van der Waals surface area (Å²) in [6.07, 6.45) is 0.928. The van der Waals surface area contributed by atoms with Gasteiger partial charge in [0.25, 0.3) is 5.91 Å². The molecule has 3 rings (SSSR count).